The molecular formula is C8H14O2. The zero-order valence-corrected chi connectivity index (χ0v) is 6.55. The topological polar surface area (TPSA) is 37.3 Å². The van der Waals surface area contributed by atoms with Crippen molar-refractivity contribution in [3.8, 4) is 0 Å². The van der Waals surface area contributed by atoms with Crippen LogP contribution in [0.25, 0.3) is 0 Å². The van der Waals surface area contributed by atoms with Gasteiger partial charge in [-0.2, -0.15) is 0 Å². The van der Waals surface area contributed by atoms with Crippen LogP contribution < -0.4 is 0 Å². The van der Waals surface area contributed by atoms with Crippen molar-refractivity contribution in [1.82, 2.24) is 0 Å². The van der Waals surface area contributed by atoms with Gasteiger partial charge in [0.25, 0.3) is 0 Å². The van der Waals surface area contributed by atoms with Crippen LogP contribution in [0.5, 0.6) is 0 Å². The quantitative estimate of drug-likeness (QED) is 0.482. The van der Waals surface area contributed by atoms with Crippen molar-refractivity contribution in [2.45, 2.75) is 33.1 Å². The first-order chi connectivity index (χ1) is 4.70. The van der Waals surface area contributed by atoms with Gasteiger partial charge in [0.15, 0.2) is 5.78 Å². The molecule has 0 aromatic carbocycles. The molecule has 0 spiro atoms. The third-order valence-electron chi connectivity index (χ3n) is 1.19. The second-order valence-electron chi connectivity index (χ2n) is 2.21. The molecule has 0 unspecified atom stereocenters. The van der Waals surface area contributed by atoms with Crippen molar-refractivity contribution in [3.05, 3.63) is 11.8 Å². The largest absolute Gasteiger partial charge is 0.512 e. The van der Waals surface area contributed by atoms with Gasteiger partial charge in [-0.3, -0.25) is 4.79 Å². The van der Waals surface area contributed by atoms with Crippen LogP contribution in [0.4, 0.5) is 0 Å². The number of allylic oxidation sites excluding steroid dienone is 2. The van der Waals surface area contributed by atoms with Crippen molar-refractivity contribution in [3.63, 3.8) is 0 Å². The van der Waals surface area contributed by atoms with E-state index in [9.17, 15) is 4.79 Å². The first kappa shape index (κ1) is 9.21. The van der Waals surface area contributed by atoms with E-state index >= 15 is 0 Å². The average molecular weight is 142 g/mol. The molecule has 0 aliphatic rings. The monoisotopic (exact) mass is 142 g/mol. The van der Waals surface area contributed by atoms with Gasteiger partial charge < -0.3 is 5.11 Å². The van der Waals surface area contributed by atoms with Crippen LogP contribution in [-0.2, 0) is 4.79 Å². The summed E-state index contributed by atoms with van der Waals surface area (Å²) in [4.78, 5) is 10.8. The summed E-state index contributed by atoms with van der Waals surface area (Å²) in [6.07, 6.45) is 3.22. The first-order valence-electron chi connectivity index (χ1n) is 3.63. The molecule has 10 heavy (non-hydrogen) atoms. The second-order valence-corrected chi connectivity index (χ2v) is 2.21. The Kier molecular flexibility index (Phi) is 4.63. The van der Waals surface area contributed by atoms with Gasteiger partial charge in [0.05, 0.1) is 5.76 Å². The Hall–Kier alpha value is -0.790. The van der Waals surface area contributed by atoms with Crippen molar-refractivity contribution in [2.75, 3.05) is 0 Å². The molecule has 0 aromatic rings. The lowest BCUT2D eigenvalue weighted by atomic mass is 10.2. The molecule has 0 saturated carbocycles. The number of hydrogen-bond acceptors (Lipinski definition) is 2. The molecule has 2 nitrogen and oxygen atoms in total. The lowest BCUT2D eigenvalue weighted by Crippen LogP contribution is -1.93. The minimum absolute atomic E-state index is 0.0156. The Bertz CT molecular complexity index is 136. The van der Waals surface area contributed by atoms with Crippen LogP contribution in [0, 0.1) is 0 Å². The number of hydrogen-bond donors (Lipinski definition) is 1. The molecule has 2 heteroatoms. The standard InChI is InChI=1S/C8H14O2/c1-3-5-8(10)6-7(9)4-2/h6,9H,3-5H2,1-2H3/b7-6-. The Morgan fingerprint density at radius 3 is 2.50 bits per heavy atom. The predicted molar refractivity (Wildman–Crippen MR) is 40.9 cm³/mol. The van der Waals surface area contributed by atoms with E-state index in [1.165, 1.54) is 6.08 Å². The third kappa shape index (κ3) is 4.13. The van der Waals surface area contributed by atoms with Gasteiger partial charge in [0.2, 0.25) is 0 Å². The number of aliphatic hydroxyl groups is 1. The Labute approximate surface area is 61.6 Å². The summed E-state index contributed by atoms with van der Waals surface area (Å²) < 4.78 is 0. The minimum atomic E-state index is 0.0156. The smallest absolute Gasteiger partial charge is 0.159 e. The van der Waals surface area contributed by atoms with E-state index < -0.39 is 0 Å². The van der Waals surface area contributed by atoms with E-state index in [2.05, 4.69) is 0 Å². The summed E-state index contributed by atoms with van der Waals surface area (Å²) in [6.45, 7) is 3.75. The average Bonchev–Trinajstić information content (AvgIpc) is 1.88. The Morgan fingerprint density at radius 2 is 2.10 bits per heavy atom. The highest BCUT2D eigenvalue weighted by Crippen LogP contribution is 1.97. The van der Waals surface area contributed by atoms with Crippen LogP contribution in [0.2, 0.25) is 0 Å². The number of ketones is 1. The number of carbonyl (C=O) groups excluding carboxylic acids is 1. The van der Waals surface area contributed by atoms with E-state index in [1.54, 1.807) is 0 Å². The van der Waals surface area contributed by atoms with Gasteiger partial charge in [-0.25, -0.2) is 0 Å². The van der Waals surface area contributed by atoms with Crippen LogP contribution in [-0.4, -0.2) is 10.9 Å². The van der Waals surface area contributed by atoms with E-state index in [1.807, 2.05) is 13.8 Å². The van der Waals surface area contributed by atoms with Crippen LogP contribution in [0.15, 0.2) is 11.8 Å². The predicted octanol–water partition coefficient (Wildman–Crippen LogP) is 2.21. The summed E-state index contributed by atoms with van der Waals surface area (Å²) in [6, 6.07) is 0. The fourth-order valence-electron chi connectivity index (χ4n) is 0.606. The van der Waals surface area contributed by atoms with Crippen molar-refractivity contribution in [2.24, 2.45) is 0 Å². The van der Waals surface area contributed by atoms with Crippen LogP contribution in [0.1, 0.15) is 33.1 Å². The highest BCUT2D eigenvalue weighted by atomic mass is 16.3. The molecule has 0 heterocycles. The summed E-state index contributed by atoms with van der Waals surface area (Å²) in [7, 11) is 0. The molecule has 0 bridgehead atoms. The molecule has 0 atom stereocenters. The van der Waals surface area contributed by atoms with Crippen molar-refractivity contribution < 1.29 is 9.90 Å². The maximum atomic E-state index is 10.8. The zero-order valence-electron chi connectivity index (χ0n) is 6.55. The zero-order chi connectivity index (χ0) is 7.98. The molecule has 0 aliphatic carbocycles. The van der Waals surface area contributed by atoms with Crippen molar-refractivity contribution >= 4 is 5.78 Å². The molecule has 0 fully saturated rings. The highest BCUT2D eigenvalue weighted by Gasteiger charge is 1.96. The molecule has 0 amide bonds. The Morgan fingerprint density at radius 1 is 1.50 bits per heavy atom. The van der Waals surface area contributed by atoms with Gasteiger partial charge in [-0.15, -0.1) is 0 Å². The van der Waals surface area contributed by atoms with E-state index in [0.717, 1.165) is 6.42 Å². The van der Waals surface area contributed by atoms with Crippen molar-refractivity contribution in [1.29, 1.82) is 0 Å². The maximum absolute atomic E-state index is 10.8. The second kappa shape index (κ2) is 5.03. The molecule has 1 N–H and O–H groups in total. The van der Waals surface area contributed by atoms with Gasteiger partial charge in [-0.05, 0) is 6.42 Å². The fourth-order valence-corrected chi connectivity index (χ4v) is 0.606. The van der Waals surface area contributed by atoms with Crippen LogP contribution >= 0.6 is 0 Å². The highest BCUT2D eigenvalue weighted by molar-refractivity contribution is 5.89. The Balaban J connectivity index is 3.75. The number of rotatable bonds is 4. The molecule has 0 rings (SSSR count). The van der Waals surface area contributed by atoms with E-state index in [-0.39, 0.29) is 11.5 Å². The van der Waals surface area contributed by atoms with Gasteiger partial charge >= 0.3 is 0 Å². The maximum Gasteiger partial charge on any atom is 0.159 e. The third-order valence-corrected chi connectivity index (χ3v) is 1.19. The summed E-state index contributed by atoms with van der Waals surface area (Å²) in [5.74, 6) is 0.195. The molecule has 0 aromatic heterocycles. The van der Waals surface area contributed by atoms with Gasteiger partial charge in [0, 0.05) is 18.9 Å². The summed E-state index contributed by atoms with van der Waals surface area (Å²) in [5.41, 5.74) is 0. The van der Waals surface area contributed by atoms with Gasteiger partial charge in [0.1, 0.15) is 0 Å². The number of aliphatic hydroxyl groups excluding tert-OH is 1. The van der Waals surface area contributed by atoms with Crippen LogP contribution in [0.3, 0.4) is 0 Å². The molecule has 0 radical (unpaired) electrons. The molecular weight excluding hydrogens is 128 g/mol. The fraction of sp³-hybridized carbons (Fsp3) is 0.625. The SMILES string of the molecule is CCCC(=O)/C=C(\O)CC. The summed E-state index contributed by atoms with van der Waals surface area (Å²) >= 11 is 0. The first-order valence-corrected chi connectivity index (χ1v) is 3.63. The summed E-state index contributed by atoms with van der Waals surface area (Å²) in [5, 5.41) is 8.90. The molecule has 58 valence electrons. The molecule has 0 saturated heterocycles. The normalized spacial score (nSPS) is 11.6. The lowest BCUT2D eigenvalue weighted by molar-refractivity contribution is -0.114. The number of carbonyl (C=O) groups is 1. The molecule has 0 aliphatic heterocycles. The van der Waals surface area contributed by atoms with E-state index in [0.29, 0.717) is 12.8 Å². The minimum Gasteiger partial charge on any atom is -0.512 e. The van der Waals surface area contributed by atoms with Gasteiger partial charge in [-0.1, -0.05) is 13.8 Å². The van der Waals surface area contributed by atoms with E-state index in [4.69, 9.17) is 5.11 Å². The lowest BCUT2D eigenvalue weighted by Gasteiger charge is -1.92.